The van der Waals surface area contributed by atoms with Crippen molar-refractivity contribution in [3.05, 3.63) is 35.4 Å². The maximum atomic E-state index is 11.9. The highest BCUT2D eigenvalue weighted by molar-refractivity contribution is 5.74. The Labute approximate surface area is 115 Å². The third-order valence-corrected chi connectivity index (χ3v) is 3.04. The number of carbonyl (C=O) groups excluding carboxylic acids is 1. The Hall–Kier alpha value is -1.55. The van der Waals surface area contributed by atoms with E-state index in [1.807, 2.05) is 19.1 Å². The van der Waals surface area contributed by atoms with Crippen molar-refractivity contribution < 1.29 is 9.90 Å². The summed E-state index contributed by atoms with van der Waals surface area (Å²) in [5, 5.41) is 12.2. The van der Waals surface area contributed by atoms with Gasteiger partial charge in [0.1, 0.15) is 0 Å². The normalized spacial score (nSPS) is 13.7. The lowest BCUT2D eigenvalue weighted by Gasteiger charge is -2.22. The molecule has 0 aliphatic carbocycles. The maximum Gasteiger partial charge on any atom is 0.317 e. The van der Waals surface area contributed by atoms with Crippen LogP contribution in [0, 0.1) is 6.92 Å². The molecule has 2 unspecified atom stereocenters. The summed E-state index contributed by atoms with van der Waals surface area (Å²) in [5.41, 5.74) is 2.48. The maximum absolute atomic E-state index is 11.9. The zero-order valence-electron chi connectivity index (χ0n) is 12.2. The van der Waals surface area contributed by atoms with Crippen LogP contribution in [0.4, 0.5) is 4.79 Å². The van der Waals surface area contributed by atoms with E-state index in [4.69, 9.17) is 0 Å². The van der Waals surface area contributed by atoms with Crippen LogP contribution in [0.5, 0.6) is 0 Å². The minimum Gasteiger partial charge on any atom is -0.392 e. The molecule has 1 aromatic rings. The lowest BCUT2D eigenvalue weighted by atomic mass is 10.0. The number of benzene rings is 1. The first kappa shape index (κ1) is 15.5. The Bertz CT molecular complexity index is 418. The summed E-state index contributed by atoms with van der Waals surface area (Å²) in [6.45, 7) is 6.06. The zero-order valence-corrected chi connectivity index (χ0v) is 12.2. The minimum atomic E-state index is -0.512. The van der Waals surface area contributed by atoms with Crippen molar-refractivity contribution in [1.29, 1.82) is 0 Å². The molecule has 0 aromatic heterocycles. The fourth-order valence-electron chi connectivity index (χ4n) is 2.02. The molecule has 0 bridgehead atoms. The van der Waals surface area contributed by atoms with E-state index in [9.17, 15) is 9.90 Å². The van der Waals surface area contributed by atoms with Gasteiger partial charge in [-0.3, -0.25) is 0 Å². The average molecular weight is 264 g/mol. The van der Waals surface area contributed by atoms with Gasteiger partial charge in [0.25, 0.3) is 0 Å². The molecule has 0 spiro atoms. The van der Waals surface area contributed by atoms with Crippen molar-refractivity contribution in [2.45, 2.75) is 39.3 Å². The van der Waals surface area contributed by atoms with Crippen LogP contribution < -0.4 is 5.32 Å². The van der Waals surface area contributed by atoms with Crippen molar-refractivity contribution in [2.75, 3.05) is 13.6 Å². The summed E-state index contributed by atoms with van der Waals surface area (Å²) in [6, 6.07) is 8.09. The lowest BCUT2D eigenvalue weighted by Crippen LogP contribution is -2.44. The molecule has 0 aliphatic rings. The fraction of sp³-hybridized carbons (Fsp3) is 0.533. The van der Waals surface area contributed by atoms with Gasteiger partial charge in [-0.2, -0.15) is 0 Å². The van der Waals surface area contributed by atoms with E-state index >= 15 is 0 Å². The lowest BCUT2D eigenvalue weighted by molar-refractivity contribution is 0.142. The molecule has 2 N–H and O–H groups in total. The number of nitrogens with zero attached hydrogens (tertiary/aromatic N) is 1. The van der Waals surface area contributed by atoms with Gasteiger partial charge in [0.2, 0.25) is 0 Å². The van der Waals surface area contributed by atoms with Crippen LogP contribution in [0.2, 0.25) is 0 Å². The van der Waals surface area contributed by atoms with Gasteiger partial charge < -0.3 is 15.3 Å². The summed E-state index contributed by atoms with van der Waals surface area (Å²) in [7, 11) is 1.68. The van der Waals surface area contributed by atoms with Gasteiger partial charge in [-0.1, -0.05) is 24.3 Å². The molecule has 0 saturated carbocycles. The van der Waals surface area contributed by atoms with Gasteiger partial charge in [-0.25, -0.2) is 4.79 Å². The number of hydrogen-bond acceptors (Lipinski definition) is 2. The molecule has 1 rings (SSSR count). The Balaban J connectivity index is 2.49. The van der Waals surface area contributed by atoms with Gasteiger partial charge >= 0.3 is 6.03 Å². The number of aliphatic hydroxyl groups excluding tert-OH is 1. The molecule has 2 amide bonds. The van der Waals surface area contributed by atoms with Crippen LogP contribution >= 0.6 is 0 Å². The third-order valence-electron chi connectivity index (χ3n) is 3.04. The van der Waals surface area contributed by atoms with Crippen LogP contribution in [0.3, 0.4) is 0 Å². The van der Waals surface area contributed by atoms with Crippen LogP contribution in [-0.2, 0) is 6.42 Å². The number of aliphatic hydroxyl groups is 1. The van der Waals surface area contributed by atoms with Crippen molar-refractivity contribution in [3.63, 3.8) is 0 Å². The molecule has 0 saturated heterocycles. The number of hydrogen-bond donors (Lipinski definition) is 2. The summed E-state index contributed by atoms with van der Waals surface area (Å²) in [5.74, 6) is 0. The van der Waals surface area contributed by atoms with E-state index in [1.54, 1.807) is 14.0 Å². The predicted octanol–water partition coefficient (Wildman–Crippen LogP) is 1.95. The van der Waals surface area contributed by atoms with E-state index in [2.05, 4.69) is 24.4 Å². The van der Waals surface area contributed by atoms with Crippen LogP contribution in [0.1, 0.15) is 25.0 Å². The molecule has 0 heterocycles. The van der Waals surface area contributed by atoms with E-state index in [0.29, 0.717) is 6.54 Å². The van der Waals surface area contributed by atoms with Gasteiger partial charge in [0, 0.05) is 19.6 Å². The zero-order chi connectivity index (χ0) is 14.4. The number of carbonyl (C=O) groups is 1. The average Bonchev–Trinajstić information content (AvgIpc) is 2.31. The monoisotopic (exact) mass is 264 g/mol. The molecular formula is C15H24N2O2. The quantitative estimate of drug-likeness (QED) is 0.854. The van der Waals surface area contributed by atoms with Crippen molar-refractivity contribution in [2.24, 2.45) is 0 Å². The Morgan fingerprint density at radius 2 is 2.00 bits per heavy atom. The number of nitrogens with one attached hydrogen (secondary N) is 1. The first-order chi connectivity index (χ1) is 8.90. The largest absolute Gasteiger partial charge is 0.392 e. The molecule has 106 valence electrons. The highest BCUT2D eigenvalue weighted by atomic mass is 16.3. The van der Waals surface area contributed by atoms with E-state index in [0.717, 1.165) is 6.42 Å². The van der Waals surface area contributed by atoms with Crippen LogP contribution in [0.15, 0.2) is 24.3 Å². The van der Waals surface area contributed by atoms with Crippen molar-refractivity contribution >= 4 is 6.03 Å². The summed E-state index contributed by atoms with van der Waals surface area (Å²) >= 11 is 0. The summed E-state index contributed by atoms with van der Waals surface area (Å²) < 4.78 is 0. The molecule has 2 atom stereocenters. The number of amides is 2. The molecule has 0 aliphatic heterocycles. The van der Waals surface area contributed by atoms with Crippen molar-refractivity contribution in [3.8, 4) is 0 Å². The molecular weight excluding hydrogens is 240 g/mol. The topological polar surface area (TPSA) is 52.6 Å². The first-order valence-corrected chi connectivity index (χ1v) is 6.64. The standard InChI is InChI=1S/C15H24N2O2/c1-11-7-5-6-8-14(11)9-12(2)16-15(19)17(4)10-13(3)18/h5-8,12-13,18H,9-10H2,1-4H3,(H,16,19). The molecule has 4 heteroatoms. The van der Waals surface area contributed by atoms with E-state index < -0.39 is 6.10 Å². The van der Waals surface area contributed by atoms with Crippen LogP contribution in [0.25, 0.3) is 0 Å². The fourth-order valence-corrected chi connectivity index (χ4v) is 2.02. The Morgan fingerprint density at radius 3 is 2.58 bits per heavy atom. The molecule has 4 nitrogen and oxygen atoms in total. The van der Waals surface area contributed by atoms with Gasteiger partial charge in [0.05, 0.1) is 6.10 Å². The SMILES string of the molecule is Cc1ccccc1CC(C)NC(=O)N(C)CC(C)O. The highest BCUT2D eigenvalue weighted by Gasteiger charge is 2.14. The second kappa shape index (κ2) is 7.14. The Kier molecular flexibility index (Phi) is 5.83. The number of aryl methyl sites for hydroxylation is 1. The first-order valence-electron chi connectivity index (χ1n) is 6.64. The number of rotatable bonds is 5. The molecule has 1 aromatic carbocycles. The van der Waals surface area contributed by atoms with Crippen LogP contribution in [-0.4, -0.2) is 41.8 Å². The second-order valence-electron chi connectivity index (χ2n) is 5.21. The van der Waals surface area contributed by atoms with E-state index in [1.165, 1.54) is 16.0 Å². The summed E-state index contributed by atoms with van der Waals surface area (Å²) in [4.78, 5) is 13.4. The smallest absolute Gasteiger partial charge is 0.317 e. The third kappa shape index (κ3) is 5.30. The molecule has 0 fully saturated rings. The van der Waals surface area contributed by atoms with Crippen molar-refractivity contribution in [1.82, 2.24) is 10.2 Å². The van der Waals surface area contributed by atoms with Gasteiger partial charge in [-0.15, -0.1) is 0 Å². The highest BCUT2D eigenvalue weighted by Crippen LogP contribution is 2.09. The molecule has 19 heavy (non-hydrogen) atoms. The minimum absolute atomic E-state index is 0.0602. The van der Waals surface area contributed by atoms with Gasteiger partial charge in [0.15, 0.2) is 0 Å². The summed E-state index contributed by atoms with van der Waals surface area (Å²) in [6.07, 6.45) is 0.295. The Morgan fingerprint density at radius 1 is 1.37 bits per heavy atom. The van der Waals surface area contributed by atoms with Gasteiger partial charge in [-0.05, 0) is 38.3 Å². The predicted molar refractivity (Wildman–Crippen MR) is 77.2 cm³/mol. The number of likely N-dealkylation sites (N-methyl/N-ethyl adjacent to an activating group) is 1. The second-order valence-corrected chi connectivity index (χ2v) is 5.21. The molecule has 0 radical (unpaired) electrons. The number of urea groups is 1. The van der Waals surface area contributed by atoms with E-state index in [-0.39, 0.29) is 12.1 Å².